The summed E-state index contributed by atoms with van der Waals surface area (Å²) in [5, 5.41) is 6.59. The van der Waals surface area contributed by atoms with Crippen LogP contribution in [0.5, 0.6) is 0 Å². The lowest BCUT2D eigenvalue weighted by molar-refractivity contribution is -0.140. The third-order valence-electron chi connectivity index (χ3n) is 4.00. The van der Waals surface area contributed by atoms with Gasteiger partial charge in [0.25, 0.3) is 0 Å². The molecule has 8 nitrogen and oxygen atoms in total. The summed E-state index contributed by atoms with van der Waals surface area (Å²) in [5.74, 6) is 0.633. The number of carbonyl (C=O) groups is 2. The number of likely N-dealkylation sites (tertiary alicyclic amines) is 1. The van der Waals surface area contributed by atoms with Crippen LogP contribution in [-0.4, -0.2) is 67.9 Å². The Kier molecular flexibility index (Phi) is 9.96. The van der Waals surface area contributed by atoms with E-state index in [2.05, 4.69) is 20.4 Å². The van der Waals surface area contributed by atoms with E-state index in [9.17, 15) is 9.59 Å². The van der Waals surface area contributed by atoms with Crippen molar-refractivity contribution in [1.82, 2.24) is 15.5 Å². The molecule has 0 bridgehead atoms. The second-order valence-electron chi connectivity index (χ2n) is 7.73. The van der Waals surface area contributed by atoms with Crippen LogP contribution >= 0.6 is 0 Å². The van der Waals surface area contributed by atoms with Gasteiger partial charge in [-0.1, -0.05) is 12.8 Å². The van der Waals surface area contributed by atoms with Crippen LogP contribution in [0.3, 0.4) is 0 Å². The van der Waals surface area contributed by atoms with E-state index >= 15 is 0 Å². The highest BCUT2D eigenvalue weighted by atomic mass is 16.6. The molecule has 1 fully saturated rings. The second-order valence-corrected chi connectivity index (χ2v) is 7.73. The van der Waals surface area contributed by atoms with E-state index in [-0.39, 0.29) is 18.1 Å². The van der Waals surface area contributed by atoms with E-state index in [0.717, 1.165) is 44.7 Å². The first kappa shape index (κ1) is 23.0. The summed E-state index contributed by atoms with van der Waals surface area (Å²) in [7, 11) is 1.42. The number of ether oxygens (including phenoxy) is 2. The van der Waals surface area contributed by atoms with Gasteiger partial charge in [-0.15, -0.1) is 0 Å². The molecular formula is C19H36N4O4. The van der Waals surface area contributed by atoms with Crippen LogP contribution in [0.1, 0.15) is 59.8 Å². The van der Waals surface area contributed by atoms with Crippen molar-refractivity contribution >= 4 is 18.0 Å². The molecule has 0 spiro atoms. The Morgan fingerprint density at radius 1 is 1.15 bits per heavy atom. The quantitative estimate of drug-likeness (QED) is 0.274. The van der Waals surface area contributed by atoms with Gasteiger partial charge in [-0.25, -0.2) is 4.79 Å². The van der Waals surface area contributed by atoms with Gasteiger partial charge in [-0.3, -0.25) is 9.79 Å². The van der Waals surface area contributed by atoms with E-state index in [0.29, 0.717) is 19.5 Å². The van der Waals surface area contributed by atoms with Crippen molar-refractivity contribution in [1.29, 1.82) is 0 Å². The molecule has 0 aliphatic carbocycles. The molecular weight excluding hydrogens is 348 g/mol. The Labute approximate surface area is 163 Å². The van der Waals surface area contributed by atoms with Crippen molar-refractivity contribution in [3.63, 3.8) is 0 Å². The van der Waals surface area contributed by atoms with Gasteiger partial charge in [-0.05, 0) is 40.5 Å². The number of amides is 1. The molecule has 0 unspecified atom stereocenters. The zero-order valence-corrected chi connectivity index (χ0v) is 17.5. The maximum absolute atomic E-state index is 12.0. The van der Waals surface area contributed by atoms with Crippen molar-refractivity contribution in [2.45, 2.75) is 71.4 Å². The number of guanidine groups is 1. The number of carbonyl (C=O) groups excluding carboxylic acids is 2. The smallest absolute Gasteiger partial charge is 0.410 e. The SMILES string of the molecule is CCNC(=NCCCCCCC(=O)OC)NC1CN(C(=O)OC(C)(C)C)C1. The maximum atomic E-state index is 12.0. The minimum Gasteiger partial charge on any atom is -0.469 e. The topological polar surface area (TPSA) is 92.3 Å². The lowest BCUT2D eigenvalue weighted by atomic mass is 10.1. The highest BCUT2D eigenvalue weighted by Gasteiger charge is 2.34. The zero-order valence-electron chi connectivity index (χ0n) is 17.5. The minimum absolute atomic E-state index is 0.146. The number of nitrogens with zero attached hydrogens (tertiary/aromatic N) is 2. The van der Waals surface area contributed by atoms with Gasteiger partial charge in [0.15, 0.2) is 5.96 Å². The Balaban J connectivity index is 2.23. The molecule has 0 atom stereocenters. The number of aliphatic imine (C=N–C) groups is 1. The molecule has 0 saturated carbocycles. The first-order valence-electron chi connectivity index (χ1n) is 9.84. The first-order valence-corrected chi connectivity index (χ1v) is 9.84. The van der Waals surface area contributed by atoms with Crippen molar-refractivity contribution < 1.29 is 19.1 Å². The molecule has 0 aromatic heterocycles. The van der Waals surface area contributed by atoms with Crippen LogP contribution in [0.25, 0.3) is 0 Å². The molecule has 1 rings (SSSR count). The number of hydrogen-bond acceptors (Lipinski definition) is 5. The van der Waals surface area contributed by atoms with Crippen LogP contribution in [-0.2, 0) is 14.3 Å². The summed E-state index contributed by atoms with van der Waals surface area (Å²) in [6, 6.07) is 0.190. The molecule has 2 N–H and O–H groups in total. The number of unbranched alkanes of at least 4 members (excludes halogenated alkanes) is 3. The fourth-order valence-electron chi connectivity index (χ4n) is 2.59. The van der Waals surface area contributed by atoms with Gasteiger partial charge in [-0.2, -0.15) is 0 Å². The molecule has 1 saturated heterocycles. The third kappa shape index (κ3) is 10.1. The number of esters is 1. The number of methoxy groups -OCH3 is 1. The monoisotopic (exact) mass is 384 g/mol. The molecule has 1 amide bonds. The average molecular weight is 385 g/mol. The summed E-state index contributed by atoms with van der Waals surface area (Å²) in [5.41, 5.74) is -0.469. The minimum atomic E-state index is -0.469. The molecule has 156 valence electrons. The van der Waals surface area contributed by atoms with Gasteiger partial charge in [0.1, 0.15) is 5.60 Å². The summed E-state index contributed by atoms with van der Waals surface area (Å²) in [6.07, 6.45) is 4.09. The van der Waals surface area contributed by atoms with Crippen LogP contribution < -0.4 is 10.6 Å². The molecule has 0 aromatic carbocycles. The predicted molar refractivity (Wildman–Crippen MR) is 106 cm³/mol. The Morgan fingerprint density at radius 3 is 2.41 bits per heavy atom. The number of hydrogen-bond donors (Lipinski definition) is 2. The predicted octanol–water partition coefficient (Wildman–Crippen LogP) is 2.28. The lowest BCUT2D eigenvalue weighted by Crippen LogP contribution is -2.63. The van der Waals surface area contributed by atoms with Gasteiger partial charge >= 0.3 is 12.1 Å². The lowest BCUT2D eigenvalue weighted by Gasteiger charge is -2.40. The Bertz CT molecular complexity index is 496. The maximum Gasteiger partial charge on any atom is 0.410 e. The van der Waals surface area contributed by atoms with E-state index < -0.39 is 5.60 Å². The molecule has 1 heterocycles. The van der Waals surface area contributed by atoms with Crippen LogP contribution in [0.4, 0.5) is 4.79 Å². The molecule has 27 heavy (non-hydrogen) atoms. The molecule has 0 radical (unpaired) electrons. The van der Waals surface area contributed by atoms with Crippen molar-refractivity contribution in [2.75, 3.05) is 33.3 Å². The standard InChI is InChI=1S/C19H36N4O4/c1-6-20-17(21-12-10-8-7-9-11-16(24)26-5)22-15-13-23(14-15)18(25)27-19(2,3)4/h15H,6-14H2,1-5H3,(H2,20,21,22). The van der Waals surface area contributed by atoms with Crippen molar-refractivity contribution in [2.24, 2.45) is 4.99 Å². The van der Waals surface area contributed by atoms with Crippen LogP contribution in [0.15, 0.2) is 4.99 Å². The van der Waals surface area contributed by atoms with E-state index in [1.165, 1.54) is 7.11 Å². The second kappa shape index (κ2) is 11.7. The van der Waals surface area contributed by atoms with Crippen LogP contribution in [0.2, 0.25) is 0 Å². The summed E-state index contributed by atoms with van der Waals surface area (Å²) < 4.78 is 9.99. The number of nitrogens with one attached hydrogen (secondary N) is 2. The van der Waals surface area contributed by atoms with Crippen LogP contribution in [0, 0.1) is 0 Å². The van der Waals surface area contributed by atoms with E-state index in [1.807, 2.05) is 27.7 Å². The van der Waals surface area contributed by atoms with E-state index in [4.69, 9.17) is 4.74 Å². The van der Waals surface area contributed by atoms with Gasteiger partial charge in [0, 0.05) is 32.6 Å². The van der Waals surface area contributed by atoms with Gasteiger partial charge < -0.3 is 25.0 Å². The fourth-order valence-corrected chi connectivity index (χ4v) is 2.59. The molecule has 1 aliphatic rings. The Morgan fingerprint density at radius 2 is 1.81 bits per heavy atom. The largest absolute Gasteiger partial charge is 0.469 e. The summed E-state index contributed by atoms with van der Waals surface area (Å²) in [6.45, 7) is 10.4. The highest BCUT2D eigenvalue weighted by Crippen LogP contribution is 2.15. The van der Waals surface area contributed by atoms with Gasteiger partial charge in [0.05, 0.1) is 13.2 Å². The molecule has 0 aromatic rings. The first-order chi connectivity index (χ1) is 12.7. The van der Waals surface area contributed by atoms with Crippen molar-refractivity contribution in [3.8, 4) is 0 Å². The van der Waals surface area contributed by atoms with E-state index in [1.54, 1.807) is 4.90 Å². The summed E-state index contributed by atoms with van der Waals surface area (Å²) in [4.78, 5) is 29.3. The zero-order chi connectivity index (χ0) is 20.3. The molecule has 8 heteroatoms. The van der Waals surface area contributed by atoms with Gasteiger partial charge in [0.2, 0.25) is 0 Å². The summed E-state index contributed by atoms with van der Waals surface area (Å²) >= 11 is 0. The highest BCUT2D eigenvalue weighted by molar-refractivity contribution is 5.80. The van der Waals surface area contributed by atoms with Crippen molar-refractivity contribution in [3.05, 3.63) is 0 Å². The third-order valence-corrected chi connectivity index (χ3v) is 4.00. The fraction of sp³-hybridized carbons (Fsp3) is 0.842. The average Bonchev–Trinajstić information content (AvgIpc) is 2.54. The number of rotatable bonds is 9. The Hall–Kier alpha value is -1.99. The normalized spacial score (nSPS) is 15.1. The molecule has 1 aliphatic heterocycles.